The number of amides is 1. The molecule has 1 spiro atoms. The molecule has 1 N–H and O–H groups in total. The van der Waals surface area contributed by atoms with Crippen LogP contribution in [0.3, 0.4) is 0 Å². The summed E-state index contributed by atoms with van der Waals surface area (Å²) in [7, 11) is 1.84. The maximum atomic E-state index is 12.7. The van der Waals surface area contributed by atoms with E-state index in [1.807, 2.05) is 25.8 Å². The standard InChI is InChI=1S/C15H21N3O3/c1-9-12(10(2)17(3)16-9)13(19)18-6-4-15(5-7-18)8-11(15)14(20)21/h11H,4-8H2,1-3H3,(H,20,21). The average Bonchev–Trinajstić information content (AvgIpc) is 3.06. The number of hydrogen-bond acceptors (Lipinski definition) is 3. The molecular weight excluding hydrogens is 270 g/mol. The fourth-order valence-electron chi connectivity index (χ4n) is 3.65. The highest BCUT2D eigenvalue weighted by Gasteiger charge is 2.59. The number of carbonyl (C=O) groups is 2. The van der Waals surface area contributed by atoms with Crippen molar-refractivity contribution in [3.05, 3.63) is 17.0 Å². The van der Waals surface area contributed by atoms with Gasteiger partial charge in [-0.3, -0.25) is 14.3 Å². The maximum absolute atomic E-state index is 12.7. The van der Waals surface area contributed by atoms with E-state index in [4.69, 9.17) is 5.11 Å². The number of rotatable bonds is 2. The summed E-state index contributed by atoms with van der Waals surface area (Å²) in [6.07, 6.45) is 2.37. The lowest BCUT2D eigenvalue weighted by Crippen LogP contribution is -2.40. The Labute approximate surface area is 123 Å². The molecule has 1 aromatic rings. The molecule has 6 heteroatoms. The summed E-state index contributed by atoms with van der Waals surface area (Å²) in [5.74, 6) is -0.856. The molecule has 1 aliphatic carbocycles. The van der Waals surface area contributed by atoms with Gasteiger partial charge >= 0.3 is 5.97 Å². The van der Waals surface area contributed by atoms with Gasteiger partial charge in [0.1, 0.15) is 0 Å². The van der Waals surface area contributed by atoms with E-state index < -0.39 is 5.97 Å². The van der Waals surface area contributed by atoms with Crippen LogP contribution in [0.2, 0.25) is 0 Å². The smallest absolute Gasteiger partial charge is 0.307 e. The highest BCUT2D eigenvalue weighted by Crippen LogP contribution is 2.59. The van der Waals surface area contributed by atoms with Crippen LogP contribution in [0.1, 0.15) is 41.0 Å². The van der Waals surface area contributed by atoms with Crippen LogP contribution in [0.5, 0.6) is 0 Å². The first kappa shape index (κ1) is 14.1. The van der Waals surface area contributed by atoms with Gasteiger partial charge in [-0.25, -0.2) is 0 Å². The Morgan fingerprint density at radius 1 is 1.29 bits per heavy atom. The Balaban J connectivity index is 1.70. The van der Waals surface area contributed by atoms with Gasteiger partial charge in [0.05, 0.1) is 17.2 Å². The number of piperidine rings is 1. The molecule has 1 amide bonds. The zero-order valence-electron chi connectivity index (χ0n) is 12.7. The van der Waals surface area contributed by atoms with Gasteiger partial charge in [-0.15, -0.1) is 0 Å². The molecule has 1 saturated carbocycles. The first-order valence-corrected chi connectivity index (χ1v) is 7.38. The molecule has 3 rings (SSSR count). The van der Waals surface area contributed by atoms with Crippen LogP contribution in [0.4, 0.5) is 0 Å². The predicted octanol–water partition coefficient (Wildman–Crippen LogP) is 1.36. The topological polar surface area (TPSA) is 75.4 Å². The van der Waals surface area contributed by atoms with E-state index in [-0.39, 0.29) is 17.2 Å². The van der Waals surface area contributed by atoms with Crippen LogP contribution in [-0.4, -0.2) is 44.8 Å². The van der Waals surface area contributed by atoms with E-state index >= 15 is 0 Å². The number of likely N-dealkylation sites (tertiary alicyclic amines) is 1. The third-order valence-electron chi connectivity index (χ3n) is 5.26. The highest BCUT2D eigenvalue weighted by molar-refractivity contribution is 5.96. The quantitative estimate of drug-likeness (QED) is 0.893. The van der Waals surface area contributed by atoms with E-state index in [0.717, 1.165) is 30.7 Å². The van der Waals surface area contributed by atoms with Crippen LogP contribution in [0.25, 0.3) is 0 Å². The average molecular weight is 291 g/mol. The van der Waals surface area contributed by atoms with Crippen molar-refractivity contribution in [3.8, 4) is 0 Å². The van der Waals surface area contributed by atoms with Crippen molar-refractivity contribution >= 4 is 11.9 Å². The first-order chi connectivity index (χ1) is 9.85. The minimum Gasteiger partial charge on any atom is -0.481 e. The van der Waals surface area contributed by atoms with Gasteiger partial charge in [-0.2, -0.15) is 5.10 Å². The number of aryl methyl sites for hydroxylation is 2. The van der Waals surface area contributed by atoms with Crippen LogP contribution in [0.15, 0.2) is 0 Å². The summed E-state index contributed by atoms with van der Waals surface area (Å²) in [5, 5.41) is 13.4. The Morgan fingerprint density at radius 3 is 2.33 bits per heavy atom. The highest BCUT2D eigenvalue weighted by atomic mass is 16.4. The second-order valence-corrected chi connectivity index (χ2v) is 6.42. The minimum atomic E-state index is -0.686. The van der Waals surface area contributed by atoms with Gasteiger partial charge < -0.3 is 10.0 Å². The summed E-state index contributed by atoms with van der Waals surface area (Å²) >= 11 is 0. The van der Waals surface area contributed by atoms with Crippen molar-refractivity contribution in [2.45, 2.75) is 33.1 Å². The second kappa shape index (κ2) is 4.58. The van der Waals surface area contributed by atoms with Gasteiger partial charge in [0.15, 0.2) is 0 Å². The normalized spacial score (nSPS) is 23.4. The molecule has 1 unspecified atom stereocenters. The van der Waals surface area contributed by atoms with Crippen molar-refractivity contribution in [2.24, 2.45) is 18.4 Å². The molecule has 0 bridgehead atoms. The molecule has 2 fully saturated rings. The molecule has 1 atom stereocenters. The lowest BCUT2D eigenvalue weighted by atomic mass is 9.90. The summed E-state index contributed by atoms with van der Waals surface area (Å²) in [6, 6.07) is 0. The molecule has 6 nitrogen and oxygen atoms in total. The van der Waals surface area contributed by atoms with Crippen LogP contribution >= 0.6 is 0 Å². The molecule has 0 aromatic carbocycles. The van der Waals surface area contributed by atoms with Crippen molar-refractivity contribution in [1.29, 1.82) is 0 Å². The molecular formula is C15H21N3O3. The fraction of sp³-hybridized carbons (Fsp3) is 0.667. The largest absolute Gasteiger partial charge is 0.481 e. The molecule has 1 aliphatic heterocycles. The Kier molecular flexibility index (Phi) is 3.07. The molecule has 2 heterocycles. The lowest BCUT2D eigenvalue weighted by molar-refractivity contribution is -0.139. The number of hydrogen-bond donors (Lipinski definition) is 1. The molecule has 21 heavy (non-hydrogen) atoms. The van der Waals surface area contributed by atoms with E-state index in [2.05, 4.69) is 5.10 Å². The number of aromatic nitrogens is 2. The number of nitrogens with zero attached hydrogens (tertiary/aromatic N) is 3. The molecule has 0 radical (unpaired) electrons. The van der Waals surface area contributed by atoms with Gasteiger partial charge in [0, 0.05) is 25.8 Å². The predicted molar refractivity (Wildman–Crippen MR) is 76.0 cm³/mol. The SMILES string of the molecule is Cc1nn(C)c(C)c1C(=O)N1CCC2(CC1)CC2C(=O)O. The third-order valence-corrected chi connectivity index (χ3v) is 5.26. The summed E-state index contributed by atoms with van der Waals surface area (Å²) in [6.45, 7) is 5.06. The molecule has 1 saturated heterocycles. The van der Waals surface area contributed by atoms with E-state index in [1.54, 1.807) is 4.68 Å². The van der Waals surface area contributed by atoms with Gasteiger partial charge in [-0.1, -0.05) is 0 Å². The number of aliphatic carboxylic acids is 1. The third kappa shape index (κ3) is 2.13. The first-order valence-electron chi connectivity index (χ1n) is 7.38. The van der Waals surface area contributed by atoms with Crippen molar-refractivity contribution in [3.63, 3.8) is 0 Å². The fourth-order valence-corrected chi connectivity index (χ4v) is 3.65. The number of carbonyl (C=O) groups excluding carboxylic acids is 1. The summed E-state index contributed by atoms with van der Waals surface area (Å²) in [4.78, 5) is 25.6. The zero-order chi connectivity index (χ0) is 15.4. The van der Waals surface area contributed by atoms with Crippen LogP contribution in [0, 0.1) is 25.2 Å². The number of carboxylic acid groups (broad SMARTS) is 1. The maximum Gasteiger partial charge on any atom is 0.307 e. The van der Waals surface area contributed by atoms with Gasteiger partial charge in [-0.05, 0) is 38.5 Å². The van der Waals surface area contributed by atoms with Gasteiger partial charge in [0.2, 0.25) is 0 Å². The van der Waals surface area contributed by atoms with Crippen molar-refractivity contribution in [1.82, 2.24) is 14.7 Å². The van der Waals surface area contributed by atoms with E-state index in [9.17, 15) is 9.59 Å². The minimum absolute atomic E-state index is 0.0282. The van der Waals surface area contributed by atoms with Crippen molar-refractivity contribution in [2.75, 3.05) is 13.1 Å². The molecule has 114 valence electrons. The lowest BCUT2D eigenvalue weighted by Gasteiger charge is -2.32. The Hall–Kier alpha value is -1.85. The van der Waals surface area contributed by atoms with Crippen molar-refractivity contribution < 1.29 is 14.7 Å². The summed E-state index contributed by atoms with van der Waals surface area (Å²) in [5.41, 5.74) is 2.29. The molecule has 2 aliphatic rings. The number of carboxylic acids is 1. The van der Waals surface area contributed by atoms with Crippen LogP contribution < -0.4 is 0 Å². The monoisotopic (exact) mass is 291 g/mol. The van der Waals surface area contributed by atoms with Gasteiger partial charge in [0.25, 0.3) is 5.91 Å². The second-order valence-electron chi connectivity index (χ2n) is 6.42. The van der Waals surface area contributed by atoms with E-state index in [0.29, 0.717) is 18.7 Å². The molecule has 1 aromatic heterocycles. The Bertz CT molecular complexity index is 612. The Morgan fingerprint density at radius 2 is 1.90 bits per heavy atom. The van der Waals surface area contributed by atoms with Crippen LogP contribution in [-0.2, 0) is 11.8 Å². The summed E-state index contributed by atoms with van der Waals surface area (Å²) < 4.78 is 1.73. The zero-order valence-corrected chi connectivity index (χ0v) is 12.7. The van der Waals surface area contributed by atoms with E-state index in [1.165, 1.54) is 0 Å².